The number of rotatable bonds is 2. The maximum atomic E-state index is 3.66. The molecule has 2 N–H and O–H groups in total. The first-order valence-electron chi connectivity index (χ1n) is 12.7. The van der Waals surface area contributed by atoms with Crippen molar-refractivity contribution in [2.75, 3.05) is 10.5 Å². The van der Waals surface area contributed by atoms with Crippen molar-refractivity contribution < 1.29 is 0 Å². The predicted molar refractivity (Wildman–Crippen MR) is 119 cm³/mol. The second-order valence-corrected chi connectivity index (χ2v) is 12.8. The van der Waals surface area contributed by atoms with Crippen LogP contribution in [-0.4, -0.2) is 7.55 Å². The van der Waals surface area contributed by atoms with E-state index in [2.05, 4.69) is 30.1 Å². The molecule has 29 heavy (non-hydrogen) atoms. The van der Waals surface area contributed by atoms with E-state index >= 15 is 0 Å². The van der Waals surface area contributed by atoms with Crippen molar-refractivity contribution >= 4 is 18.9 Å². The normalized spacial score (nSPS) is 50.2. The molecule has 0 saturated heterocycles. The van der Waals surface area contributed by atoms with Gasteiger partial charge in [-0.2, -0.15) is 0 Å². The molecular formula is C26H34BN2. The SMILES string of the molecule is [B]1Nc2cc(C34CC5CC(CC(C5)C3)C4)cc(C34CC5CC(CC(C5)C3)C4)c2N1. The van der Waals surface area contributed by atoms with Crippen LogP contribution in [-0.2, 0) is 10.8 Å². The Morgan fingerprint density at radius 1 is 0.621 bits per heavy atom. The van der Waals surface area contributed by atoms with Crippen LogP contribution in [0.3, 0.4) is 0 Å². The zero-order chi connectivity index (χ0) is 18.8. The molecular weight excluding hydrogens is 351 g/mol. The molecule has 0 spiro atoms. The second-order valence-electron chi connectivity index (χ2n) is 12.8. The van der Waals surface area contributed by atoms with Gasteiger partial charge in [0.1, 0.15) is 0 Å². The highest BCUT2D eigenvalue weighted by atomic mass is 15.0. The smallest absolute Gasteiger partial charge is 0.385 e. The first kappa shape index (κ1) is 16.6. The van der Waals surface area contributed by atoms with E-state index in [1.54, 1.807) is 30.4 Å². The van der Waals surface area contributed by atoms with E-state index in [9.17, 15) is 0 Å². The predicted octanol–water partition coefficient (Wildman–Crippen LogP) is 5.99. The number of anilines is 2. The van der Waals surface area contributed by atoms with E-state index in [0.717, 1.165) is 35.5 Å². The maximum absolute atomic E-state index is 3.66. The summed E-state index contributed by atoms with van der Waals surface area (Å²) >= 11 is 0. The fourth-order valence-electron chi connectivity index (χ4n) is 10.7. The Morgan fingerprint density at radius 3 is 1.62 bits per heavy atom. The fourth-order valence-corrected chi connectivity index (χ4v) is 10.7. The van der Waals surface area contributed by atoms with Crippen molar-refractivity contribution in [3.8, 4) is 0 Å². The van der Waals surface area contributed by atoms with Gasteiger partial charge in [0.25, 0.3) is 0 Å². The summed E-state index contributed by atoms with van der Waals surface area (Å²) in [5.41, 5.74) is 7.27. The molecule has 151 valence electrons. The molecule has 1 radical (unpaired) electrons. The van der Waals surface area contributed by atoms with E-state index in [4.69, 9.17) is 0 Å². The average molecular weight is 385 g/mol. The monoisotopic (exact) mass is 385 g/mol. The van der Waals surface area contributed by atoms with Gasteiger partial charge in [0.05, 0.1) is 0 Å². The highest BCUT2D eigenvalue weighted by Gasteiger charge is 2.55. The number of hydrogen-bond donors (Lipinski definition) is 2. The van der Waals surface area contributed by atoms with Crippen LogP contribution in [0.4, 0.5) is 11.4 Å². The zero-order valence-corrected chi connectivity index (χ0v) is 17.7. The Hall–Kier alpha value is -1.12. The highest BCUT2D eigenvalue weighted by molar-refractivity contribution is 6.49. The van der Waals surface area contributed by atoms with Gasteiger partial charge in [0.15, 0.2) is 0 Å². The summed E-state index contributed by atoms with van der Waals surface area (Å²) in [6.07, 6.45) is 18.1. The molecule has 10 rings (SSSR count). The third kappa shape index (κ3) is 2.21. The molecule has 1 aromatic rings. The minimum atomic E-state index is 0.476. The van der Waals surface area contributed by atoms with Crippen LogP contribution in [0.25, 0.3) is 0 Å². The lowest BCUT2D eigenvalue weighted by molar-refractivity contribution is -0.00808. The van der Waals surface area contributed by atoms with Crippen molar-refractivity contribution in [3.05, 3.63) is 23.3 Å². The molecule has 9 aliphatic rings. The zero-order valence-electron chi connectivity index (χ0n) is 17.7. The van der Waals surface area contributed by atoms with Crippen LogP contribution >= 0.6 is 0 Å². The van der Waals surface area contributed by atoms with Gasteiger partial charge >= 0.3 is 7.55 Å². The summed E-state index contributed by atoms with van der Waals surface area (Å²) in [7, 11) is 2.10. The third-order valence-corrected chi connectivity index (χ3v) is 10.8. The standard InChI is InChI=1S/C26H34BN2/c1-15-2-17-3-16(1)10-25(9-15,11-17)21-7-22(24-23(8-21)28-27-29-24)26-12-18-4-19(13-26)6-20(5-18)14-26/h7-8,15-20,28-29H,1-6,9-14H2. The van der Waals surface area contributed by atoms with Gasteiger partial charge in [-0.1, -0.05) is 6.07 Å². The maximum Gasteiger partial charge on any atom is 0.385 e. The van der Waals surface area contributed by atoms with E-state index in [1.807, 2.05) is 0 Å². The van der Waals surface area contributed by atoms with Crippen LogP contribution in [0.15, 0.2) is 12.1 Å². The Morgan fingerprint density at radius 2 is 1.10 bits per heavy atom. The lowest BCUT2D eigenvalue weighted by Crippen LogP contribution is -2.50. The van der Waals surface area contributed by atoms with Gasteiger partial charge in [0, 0.05) is 11.4 Å². The number of benzene rings is 1. The van der Waals surface area contributed by atoms with Crippen molar-refractivity contribution in [2.45, 2.75) is 87.9 Å². The van der Waals surface area contributed by atoms with Gasteiger partial charge in [0.2, 0.25) is 0 Å². The van der Waals surface area contributed by atoms with Gasteiger partial charge in [-0.15, -0.1) is 0 Å². The van der Waals surface area contributed by atoms with Crippen molar-refractivity contribution in [3.63, 3.8) is 0 Å². The highest BCUT2D eigenvalue weighted by Crippen LogP contribution is 2.65. The first-order valence-corrected chi connectivity index (χ1v) is 12.7. The van der Waals surface area contributed by atoms with E-state index in [1.165, 1.54) is 69.2 Å². The van der Waals surface area contributed by atoms with Gasteiger partial charge in [-0.3, -0.25) is 0 Å². The molecule has 2 nitrogen and oxygen atoms in total. The van der Waals surface area contributed by atoms with E-state index in [-0.39, 0.29) is 0 Å². The molecule has 8 aliphatic carbocycles. The molecule has 8 saturated carbocycles. The molecule has 8 fully saturated rings. The minimum absolute atomic E-state index is 0.476. The van der Waals surface area contributed by atoms with Crippen LogP contribution < -0.4 is 10.5 Å². The van der Waals surface area contributed by atoms with Gasteiger partial charge in [-0.25, -0.2) is 0 Å². The third-order valence-electron chi connectivity index (χ3n) is 10.8. The molecule has 3 heteroatoms. The molecule has 0 amide bonds. The molecule has 1 heterocycles. The summed E-state index contributed by atoms with van der Waals surface area (Å²) in [6.45, 7) is 0. The quantitative estimate of drug-likeness (QED) is 0.611. The van der Waals surface area contributed by atoms with Crippen LogP contribution in [0.5, 0.6) is 0 Å². The molecule has 1 aromatic carbocycles. The molecule has 1 aliphatic heterocycles. The van der Waals surface area contributed by atoms with Crippen molar-refractivity contribution in [1.82, 2.24) is 0 Å². The number of fused-ring (bicyclic) bond motifs is 1. The lowest BCUT2D eigenvalue weighted by Gasteiger charge is -2.59. The van der Waals surface area contributed by atoms with Crippen LogP contribution in [0, 0.1) is 35.5 Å². The lowest BCUT2D eigenvalue weighted by atomic mass is 9.46. The summed E-state index contributed by atoms with van der Waals surface area (Å²) in [5.74, 6) is 6.11. The summed E-state index contributed by atoms with van der Waals surface area (Å²) < 4.78 is 0. The molecule has 8 bridgehead atoms. The van der Waals surface area contributed by atoms with Crippen molar-refractivity contribution in [1.29, 1.82) is 0 Å². The Kier molecular flexibility index (Phi) is 3.07. The van der Waals surface area contributed by atoms with Crippen LogP contribution in [0.2, 0.25) is 0 Å². The fraction of sp³-hybridized carbons (Fsp3) is 0.769. The number of nitrogens with one attached hydrogen (secondary N) is 2. The van der Waals surface area contributed by atoms with Gasteiger partial charge < -0.3 is 10.5 Å². The summed E-state index contributed by atoms with van der Waals surface area (Å²) in [6, 6.07) is 5.34. The number of hydrogen-bond acceptors (Lipinski definition) is 2. The Bertz CT molecular complexity index is 818. The average Bonchev–Trinajstić information content (AvgIpc) is 3.13. The summed E-state index contributed by atoms with van der Waals surface area (Å²) in [4.78, 5) is 0. The van der Waals surface area contributed by atoms with Gasteiger partial charge in [-0.05, 0) is 141 Å². The Labute approximate surface area is 176 Å². The summed E-state index contributed by atoms with van der Waals surface area (Å²) in [5, 5.41) is 7.27. The second kappa shape index (κ2) is 5.38. The van der Waals surface area contributed by atoms with Crippen LogP contribution in [0.1, 0.15) is 88.2 Å². The van der Waals surface area contributed by atoms with E-state index < -0.39 is 0 Å². The molecule has 0 aromatic heterocycles. The topological polar surface area (TPSA) is 24.1 Å². The van der Waals surface area contributed by atoms with Crippen molar-refractivity contribution in [2.24, 2.45) is 35.5 Å². The van der Waals surface area contributed by atoms with E-state index in [0.29, 0.717) is 10.8 Å². The molecule has 0 unspecified atom stereocenters. The molecule has 0 atom stereocenters. The Balaban J connectivity index is 1.28. The largest absolute Gasteiger partial charge is 0.411 e. The minimum Gasteiger partial charge on any atom is -0.411 e. The first-order chi connectivity index (χ1) is 14.2.